The zero-order chi connectivity index (χ0) is 27.6. The summed E-state index contributed by atoms with van der Waals surface area (Å²) in [5, 5.41) is 2.40. The van der Waals surface area contributed by atoms with Crippen molar-refractivity contribution in [3.8, 4) is 33.4 Å². The van der Waals surface area contributed by atoms with Crippen molar-refractivity contribution in [2.24, 2.45) is 0 Å². The third-order valence-electron chi connectivity index (χ3n) is 7.34. The normalized spacial score (nSPS) is 11.2. The van der Waals surface area contributed by atoms with Crippen LogP contribution >= 0.6 is 0 Å². The molecule has 0 unspecified atom stereocenters. The van der Waals surface area contributed by atoms with E-state index in [9.17, 15) is 4.39 Å². The minimum Gasteiger partial charge on any atom is -0.334 e. The van der Waals surface area contributed by atoms with E-state index in [4.69, 9.17) is 0 Å². The minimum atomic E-state index is -0.398. The number of fused-ring (bicyclic) bond motifs is 1. The molecule has 0 amide bonds. The van der Waals surface area contributed by atoms with Crippen molar-refractivity contribution in [2.75, 3.05) is 4.90 Å². The van der Waals surface area contributed by atoms with Gasteiger partial charge >= 0.3 is 0 Å². The molecule has 0 radical (unpaired) electrons. The highest BCUT2D eigenvalue weighted by molar-refractivity contribution is 5.90. The largest absolute Gasteiger partial charge is 0.334 e. The number of nitrogens with zero attached hydrogens (tertiary/aromatic N) is 1. The molecule has 0 bridgehead atoms. The van der Waals surface area contributed by atoms with Crippen LogP contribution in [0.3, 0.4) is 0 Å². The van der Waals surface area contributed by atoms with Crippen LogP contribution in [-0.2, 0) is 0 Å². The Bertz CT molecular complexity index is 1790. The van der Waals surface area contributed by atoms with Gasteiger partial charge in [-0.05, 0) is 88.3 Å². The van der Waals surface area contributed by atoms with Gasteiger partial charge in [-0.1, -0.05) is 103 Å². The first-order valence-electron chi connectivity index (χ1n) is 13.5. The van der Waals surface area contributed by atoms with Crippen LogP contribution in [0, 0.1) is 11.6 Å². The Morgan fingerprint density at radius 1 is 0.450 bits per heavy atom. The average molecular weight is 526 g/mol. The average Bonchev–Trinajstić information content (AvgIpc) is 2.99. The lowest BCUT2D eigenvalue weighted by atomic mass is 9.92. The molecule has 0 aliphatic heterocycles. The van der Waals surface area contributed by atoms with Crippen LogP contribution in [0.2, 0.25) is 0 Å². The van der Waals surface area contributed by atoms with Crippen LogP contribution in [0.1, 0.15) is 13.8 Å². The molecule has 3 heteroatoms. The number of para-hydroxylation sites is 1. The number of rotatable bonds is 6. The lowest BCUT2D eigenvalue weighted by molar-refractivity contribution is 0.602. The fraction of sp³-hybridized carbons (Fsp3) is 0.0811. The Hall–Kier alpha value is -4.76. The summed E-state index contributed by atoms with van der Waals surface area (Å²) in [5.41, 5.74) is 6.47. The van der Waals surface area contributed by atoms with Crippen LogP contribution in [0.5, 0.6) is 0 Å². The van der Waals surface area contributed by atoms with Gasteiger partial charge < -0.3 is 4.90 Å². The third-order valence-corrected chi connectivity index (χ3v) is 7.34. The molecule has 0 aliphatic carbocycles. The van der Waals surface area contributed by atoms with E-state index in [1.54, 1.807) is 29.2 Å². The van der Waals surface area contributed by atoms with Gasteiger partial charge in [0.2, 0.25) is 0 Å². The molecule has 6 aromatic carbocycles. The SMILES string of the molecule is CC(C)N(c1ccccc1F)c1cc(-c2ccccc2)c(-c2ccc(-c3ccc4ccccc4c3)cc2)cc1F. The monoisotopic (exact) mass is 525 g/mol. The second-order valence-electron chi connectivity index (χ2n) is 10.3. The predicted octanol–water partition coefficient (Wildman–Crippen LogP) is 10.7. The van der Waals surface area contributed by atoms with Crippen molar-refractivity contribution < 1.29 is 8.78 Å². The maximum absolute atomic E-state index is 16.0. The van der Waals surface area contributed by atoms with Crippen molar-refractivity contribution in [1.29, 1.82) is 0 Å². The molecule has 0 heterocycles. The zero-order valence-electron chi connectivity index (χ0n) is 22.5. The van der Waals surface area contributed by atoms with Crippen LogP contribution in [0.15, 0.2) is 133 Å². The smallest absolute Gasteiger partial charge is 0.147 e. The summed E-state index contributed by atoms with van der Waals surface area (Å²) >= 11 is 0. The first-order valence-corrected chi connectivity index (χ1v) is 13.5. The third kappa shape index (κ3) is 4.87. The van der Waals surface area contributed by atoms with Crippen LogP contribution < -0.4 is 4.90 Å². The van der Waals surface area contributed by atoms with Gasteiger partial charge in [-0.3, -0.25) is 0 Å². The molecule has 0 aliphatic rings. The highest BCUT2D eigenvalue weighted by Gasteiger charge is 2.23. The topological polar surface area (TPSA) is 3.24 Å². The second kappa shape index (κ2) is 10.8. The number of halogens is 2. The molecule has 40 heavy (non-hydrogen) atoms. The highest BCUT2D eigenvalue weighted by Crippen LogP contribution is 2.41. The predicted molar refractivity (Wildman–Crippen MR) is 164 cm³/mol. The Morgan fingerprint density at radius 2 is 1.02 bits per heavy atom. The van der Waals surface area contributed by atoms with E-state index >= 15 is 4.39 Å². The summed E-state index contributed by atoms with van der Waals surface area (Å²) in [7, 11) is 0. The van der Waals surface area contributed by atoms with E-state index in [2.05, 4.69) is 42.5 Å². The molecule has 0 atom stereocenters. The molecule has 0 aromatic heterocycles. The molecule has 196 valence electrons. The maximum Gasteiger partial charge on any atom is 0.147 e. The van der Waals surface area contributed by atoms with Gasteiger partial charge in [0.25, 0.3) is 0 Å². The molecule has 6 rings (SSSR count). The standard InChI is InChI=1S/C37H29F2N/c1-25(2)40(36-15-9-8-14-34(36)38)37-24-33(28-11-4-3-5-12-28)32(23-35(37)39)29-19-16-27(17-20-29)31-21-18-26-10-6-7-13-30(26)22-31/h3-25H,1-2H3. The van der Waals surface area contributed by atoms with Crippen molar-refractivity contribution in [1.82, 2.24) is 0 Å². The van der Waals surface area contributed by atoms with Crippen molar-refractivity contribution in [2.45, 2.75) is 19.9 Å². The molecule has 0 N–H and O–H groups in total. The van der Waals surface area contributed by atoms with Gasteiger partial charge in [-0.25, -0.2) is 8.78 Å². The Balaban J connectivity index is 1.46. The summed E-state index contributed by atoms with van der Waals surface area (Å²) in [6, 6.07) is 42.8. The Morgan fingerprint density at radius 3 is 1.75 bits per heavy atom. The molecular formula is C37H29F2N. The second-order valence-corrected chi connectivity index (χ2v) is 10.3. The number of benzene rings is 6. The molecule has 6 aromatic rings. The highest BCUT2D eigenvalue weighted by atomic mass is 19.1. The first kappa shape index (κ1) is 25.5. The number of hydrogen-bond acceptors (Lipinski definition) is 1. The summed E-state index contributed by atoms with van der Waals surface area (Å²) in [6.07, 6.45) is 0. The van der Waals surface area contributed by atoms with Gasteiger partial charge in [0.15, 0.2) is 0 Å². The van der Waals surface area contributed by atoms with Gasteiger partial charge in [-0.2, -0.15) is 0 Å². The van der Waals surface area contributed by atoms with Crippen LogP contribution in [0.25, 0.3) is 44.2 Å². The van der Waals surface area contributed by atoms with Gasteiger partial charge in [-0.15, -0.1) is 0 Å². The molecule has 0 fully saturated rings. The lowest BCUT2D eigenvalue weighted by Gasteiger charge is -2.31. The summed E-state index contributed by atoms with van der Waals surface area (Å²) in [4.78, 5) is 1.73. The summed E-state index contributed by atoms with van der Waals surface area (Å²) < 4.78 is 30.9. The lowest BCUT2D eigenvalue weighted by Crippen LogP contribution is -2.27. The molecule has 0 saturated heterocycles. The Kier molecular flexibility index (Phi) is 6.88. The Labute approximate surface area is 234 Å². The first-order chi connectivity index (χ1) is 19.5. The number of anilines is 2. The zero-order valence-corrected chi connectivity index (χ0v) is 22.5. The van der Waals surface area contributed by atoms with E-state index in [-0.39, 0.29) is 11.9 Å². The summed E-state index contributed by atoms with van der Waals surface area (Å²) in [6.45, 7) is 3.88. The van der Waals surface area contributed by atoms with E-state index < -0.39 is 5.82 Å². The van der Waals surface area contributed by atoms with E-state index in [1.165, 1.54) is 16.8 Å². The fourth-order valence-electron chi connectivity index (χ4n) is 5.39. The quantitative estimate of drug-likeness (QED) is 0.209. The molecule has 0 saturated carbocycles. The van der Waals surface area contributed by atoms with Crippen LogP contribution in [0.4, 0.5) is 20.2 Å². The molecule has 1 nitrogen and oxygen atoms in total. The van der Waals surface area contributed by atoms with Gasteiger partial charge in [0.1, 0.15) is 11.6 Å². The summed E-state index contributed by atoms with van der Waals surface area (Å²) in [5.74, 6) is -0.782. The van der Waals surface area contributed by atoms with E-state index in [1.807, 2.05) is 74.5 Å². The van der Waals surface area contributed by atoms with Gasteiger partial charge in [0.05, 0.1) is 11.4 Å². The van der Waals surface area contributed by atoms with E-state index in [0.717, 1.165) is 33.4 Å². The van der Waals surface area contributed by atoms with Crippen molar-refractivity contribution in [3.05, 3.63) is 145 Å². The van der Waals surface area contributed by atoms with Crippen molar-refractivity contribution >= 4 is 22.1 Å². The number of hydrogen-bond donors (Lipinski definition) is 0. The minimum absolute atomic E-state index is 0.165. The van der Waals surface area contributed by atoms with Gasteiger partial charge in [0, 0.05) is 6.04 Å². The van der Waals surface area contributed by atoms with E-state index in [0.29, 0.717) is 11.4 Å². The molecule has 0 spiro atoms. The van der Waals surface area contributed by atoms with Crippen molar-refractivity contribution in [3.63, 3.8) is 0 Å². The molecular weight excluding hydrogens is 496 g/mol. The fourth-order valence-corrected chi connectivity index (χ4v) is 5.39. The maximum atomic E-state index is 16.0. The van der Waals surface area contributed by atoms with Crippen LogP contribution in [-0.4, -0.2) is 6.04 Å².